The standard InChI is InChI=1S/C22H28N2O4S/c25-21(15-18-7-3-1-4-8-18)24(19-11-14-29(26,27)17-19)16-20-9-10-22(28-20)23-12-5-2-6-13-23/h1,3-4,7-10,19H,2,5-6,11-17H2. The molecule has 6 nitrogen and oxygen atoms in total. The molecule has 1 unspecified atom stereocenters. The Kier molecular flexibility index (Phi) is 5.94. The Balaban J connectivity index is 1.50. The summed E-state index contributed by atoms with van der Waals surface area (Å²) in [6, 6.07) is 13.2. The zero-order chi connectivity index (χ0) is 20.3. The maximum absolute atomic E-state index is 13.1. The number of amides is 1. The van der Waals surface area contributed by atoms with Gasteiger partial charge < -0.3 is 14.2 Å². The van der Waals surface area contributed by atoms with Crippen molar-refractivity contribution in [3.63, 3.8) is 0 Å². The first kappa shape index (κ1) is 20.0. The molecule has 2 aromatic rings. The van der Waals surface area contributed by atoms with Crippen LogP contribution in [0.4, 0.5) is 5.88 Å². The predicted octanol–water partition coefficient (Wildman–Crippen LogP) is 3.03. The lowest BCUT2D eigenvalue weighted by molar-refractivity contribution is -0.133. The number of carbonyl (C=O) groups is 1. The highest BCUT2D eigenvalue weighted by Gasteiger charge is 2.35. The molecule has 0 radical (unpaired) electrons. The van der Waals surface area contributed by atoms with Crippen LogP contribution in [0.15, 0.2) is 46.9 Å². The molecule has 156 valence electrons. The van der Waals surface area contributed by atoms with Gasteiger partial charge in [-0.15, -0.1) is 0 Å². The average molecular weight is 417 g/mol. The number of hydrogen-bond acceptors (Lipinski definition) is 5. The van der Waals surface area contributed by atoms with Crippen LogP contribution in [0.2, 0.25) is 0 Å². The number of nitrogens with zero attached hydrogens (tertiary/aromatic N) is 2. The van der Waals surface area contributed by atoms with Crippen LogP contribution < -0.4 is 4.90 Å². The number of hydrogen-bond donors (Lipinski definition) is 0. The average Bonchev–Trinajstić information content (AvgIpc) is 3.33. The SMILES string of the molecule is O=C(Cc1ccccc1)N(Cc1ccc(N2CCCCC2)o1)C1CCS(=O)(=O)C1. The molecule has 1 aromatic heterocycles. The summed E-state index contributed by atoms with van der Waals surface area (Å²) >= 11 is 0. The van der Waals surface area contributed by atoms with Gasteiger partial charge in [0.25, 0.3) is 0 Å². The monoisotopic (exact) mass is 416 g/mol. The van der Waals surface area contributed by atoms with E-state index in [1.807, 2.05) is 42.5 Å². The van der Waals surface area contributed by atoms with Crippen molar-refractivity contribution in [1.29, 1.82) is 0 Å². The van der Waals surface area contributed by atoms with Crippen LogP contribution in [-0.4, -0.2) is 49.9 Å². The van der Waals surface area contributed by atoms with Crippen molar-refractivity contribution in [1.82, 2.24) is 4.90 Å². The van der Waals surface area contributed by atoms with Crippen LogP contribution in [0.25, 0.3) is 0 Å². The smallest absolute Gasteiger partial charge is 0.227 e. The van der Waals surface area contributed by atoms with Gasteiger partial charge in [0.1, 0.15) is 5.76 Å². The van der Waals surface area contributed by atoms with Crippen LogP contribution in [0.3, 0.4) is 0 Å². The van der Waals surface area contributed by atoms with E-state index < -0.39 is 9.84 Å². The number of rotatable bonds is 6. The Morgan fingerprint density at radius 3 is 2.52 bits per heavy atom. The van der Waals surface area contributed by atoms with Gasteiger partial charge in [-0.3, -0.25) is 4.79 Å². The van der Waals surface area contributed by atoms with Crippen LogP contribution in [0.5, 0.6) is 0 Å². The van der Waals surface area contributed by atoms with E-state index in [2.05, 4.69) is 4.90 Å². The van der Waals surface area contributed by atoms with Crippen LogP contribution in [0.1, 0.15) is 37.0 Å². The first-order chi connectivity index (χ1) is 14.0. The number of piperidine rings is 1. The fourth-order valence-corrected chi connectivity index (χ4v) is 5.95. The zero-order valence-electron chi connectivity index (χ0n) is 16.6. The summed E-state index contributed by atoms with van der Waals surface area (Å²) in [6.07, 6.45) is 4.33. The summed E-state index contributed by atoms with van der Waals surface area (Å²) in [7, 11) is -3.08. The number of furan rings is 1. The van der Waals surface area contributed by atoms with Gasteiger partial charge in [-0.25, -0.2) is 8.42 Å². The normalized spacial score (nSPS) is 21.2. The van der Waals surface area contributed by atoms with E-state index in [-0.39, 0.29) is 29.9 Å². The minimum atomic E-state index is -3.08. The molecule has 4 rings (SSSR count). The van der Waals surface area contributed by atoms with Crippen molar-refractivity contribution < 1.29 is 17.6 Å². The Labute approximate surface area is 172 Å². The van der Waals surface area contributed by atoms with Crippen molar-refractivity contribution in [3.05, 3.63) is 53.8 Å². The second-order valence-electron chi connectivity index (χ2n) is 8.03. The largest absolute Gasteiger partial charge is 0.444 e. The molecule has 7 heteroatoms. The van der Waals surface area contributed by atoms with Gasteiger partial charge in [-0.2, -0.15) is 0 Å². The molecule has 2 saturated heterocycles. The van der Waals surface area contributed by atoms with Crippen LogP contribution in [-0.2, 0) is 27.6 Å². The van der Waals surface area contributed by atoms with Crippen molar-refractivity contribution in [2.45, 2.75) is 44.7 Å². The van der Waals surface area contributed by atoms with Crippen LogP contribution >= 0.6 is 0 Å². The zero-order valence-corrected chi connectivity index (χ0v) is 17.4. The highest BCUT2D eigenvalue weighted by molar-refractivity contribution is 7.91. The third-order valence-electron chi connectivity index (χ3n) is 5.81. The number of carbonyl (C=O) groups excluding carboxylic acids is 1. The molecule has 2 aliphatic rings. The summed E-state index contributed by atoms with van der Waals surface area (Å²) in [5.41, 5.74) is 0.928. The molecule has 3 heterocycles. The summed E-state index contributed by atoms with van der Waals surface area (Å²) < 4.78 is 30.1. The van der Waals surface area contributed by atoms with Gasteiger partial charge in [-0.1, -0.05) is 30.3 Å². The molecular weight excluding hydrogens is 388 g/mol. The molecule has 0 N–H and O–H groups in total. The Bertz CT molecular complexity index is 933. The predicted molar refractivity (Wildman–Crippen MR) is 113 cm³/mol. The minimum Gasteiger partial charge on any atom is -0.444 e. The fraction of sp³-hybridized carbons (Fsp3) is 0.500. The first-order valence-electron chi connectivity index (χ1n) is 10.4. The van der Waals surface area contributed by atoms with Gasteiger partial charge in [0.05, 0.1) is 24.5 Å². The van der Waals surface area contributed by atoms with Gasteiger partial charge in [-0.05, 0) is 37.3 Å². The molecular formula is C22H28N2O4S. The topological polar surface area (TPSA) is 70.8 Å². The van der Waals surface area contributed by atoms with Gasteiger partial charge >= 0.3 is 0 Å². The molecule has 1 aromatic carbocycles. The molecule has 0 aliphatic carbocycles. The first-order valence-corrected chi connectivity index (χ1v) is 12.2. The van der Waals surface area contributed by atoms with Crippen molar-refractivity contribution in [3.8, 4) is 0 Å². The molecule has 2 fully saturated rings. The third-order valence-corrected chi connectivity index (χ3v) is 7.56. The second kappa shape index (κ2) is 8.61. The summed E-state index contributed by atoms with van der Waals surface area (Å²) in [6.45, 7) is 2.29. The summed E-state index contributed by atoms with van der Waals surface area (Å²) in [4.78, 5) is 17.0. The van der Waals surface area contributed by atoms with E-state index >= 15 is 0 Å². The van der Waals surface area contributed by atoms with Crippen molar-refractivity contribution >= 4 is 21.6 Å². The third kappa shape index (κ3) is 5.01. The van der Waals surface area contributed by atoms with Crippen molar-refractivity contribution in [2.75, 3.05) is 29.5 Å². The number of benzene rings is 1. The molecule has 1 atom stereocenters. The molecule has 29 heavy (non-hydrogen) atoms. The number of anilines is 1. The Morgan fingerprint density at radius 1 is 1.07 bits per heavy atom. The molecule has 0 spiro atoms. The summed E-state index contributed by atoms with van der Waals surface area (Å²) in [5.74, 6) is 1.66. The van der Waals surface area contributed by atoms with E-state index in [0.29, 0.717) is 18.7 Å². The maximum Gasteiger partial charge on any atom is 0.227 e. The van der Waals surface area contributed by atoms with E-state index in [4.69, 9.17) is 4.42 Å². The highest BCUT2D eigenvalue weighted by Crippen LogP contribution is 2.26. The summed E-state index contributed by atoms with van der Waals surface area (Å²) in [5, 5.41) is 0. The lowest BCUT2D eigenvalue weighted by atomic mass is 10.1. The molecule has 1 amide bonds. The molecule has 0 bridgehead atoms. The second-order valence-corrected chi connectivity index (χ2v) is 10.3. The Hall–Kier alpha value is -2.28. The minimum absolute atomic E-state index is 0.0349. The van der Waals surface area contributed by atoms with E-state index in [9.17, 15) is 13.2 Å². The van der Waals surface area contributed by atoms with E-state index in [1.165, 1.54) is 6.42 Å². The maximum atomic E-state index is 13.1. The highest BCUT2D eigenvalue weighted by atomic mass is 32.2. The van der Waals surface area contributed by atoms with Gasteiger partial charge in [0.2, 0.25) is 5.91 Å². The van der Waals surface area contributed by atoms with Crippen LogP contribution in [0, 0.1) is 0 Å². The lowest BCUT2D eigenvalue weighted by Crippen LogP contribution is -2.41. The fourth-order valence-electron chi connectivity index (χ4n) is 4.22. The quantitative estimate of drug-likeness (QED) is 0.724. The van der Waals surface area contributed by atoms with Gasteiger partial charge in [0, 0.05) is 25.2 Å². The van der Waals surface area contributed by atoms with E-state index in [1.54, 1.807) is 4.90 Å². The van der Waals surface area contributed by atoms with E-state index in [0.717, 1.165) is 37.4 Å². The van der Waals surface area contributed by atoms with Gasteiger partial charge in [0.15, 0.2) is 15.7 Å². The lowest BCUT2D eigenvalue weighted by Gasteiger charge is -2.28. The van der Waals surface area contributed by atoms with Crippen molar-refractivity contribution in [2.24, 2.45) is 0 Å². The molecule has 0 saturated carbocycles. The number of sulfone groups is 1. The molecule has 2 aliphatic heterocycles. The Morgan fingerprint density at radius 2 is 1.83 bits per heavy atom.